The molecule has 1 heterocycles. The van der Waals surface area contributed by atoms with Gasteiger partial charge in [0.1, 0.15) is 11.5 Å². The number of furan rings is 1. The van der Waals surface area contributed by atoms with Gasteiger partial charge in [-0.2, -0.15) is 0 Å². The Bertz CT molecular complexity index is 337. The van der Waals surface area contributed by atoms with E-state index in [1.807, 2.05) is 6.92 Å². The first-order valence-electron chi connectivity index (χ1n) is 6.50. The van der Waals surface area contributed by atoms with Gasteiger partial charge in [-0.05, 0) is 39.7 Å². The Balaban J connectivity index is 1.96. The molecule has 1 saturated carbocycles. The van der Waals surface area contributed by atoms with Crippen molar-refractivity contribution in [2.45, 2.75) is 65.0 Å². The van der Waals surface area contributed by atoms with Crippen molar-refractivity contribution in [1.29, 1.82) is 0 Å². The highest BCUT2D eigenvalue weighted by atomic mass is 16.3. The zero-order chi connectivity index (χ0) is 11.5. The Morgan fingerprint density at radius 1 is 1.25 bits per heavy atom. The predicted molar refractivity (Wildman–Crippen MR) is 66.6 cm³/mol. The number of hydrogen-bond acceptors (Lipinski definition) is 2. The molecule has 0 radical (unpaired) electrons. The second kappa shape index (κ2) is 5.05. The van der Waals surface area contributed by atoms with Crippen LogP contribution in [-0.4, -0.2) is 6.04 Å². The maximum absolute atomic E-state index is 5.58. The van der Waals surface area contributed by atoms with Crippen LogP contribution in [0.3, 0.4) is 0 Å². The molecule has 0 aromatic carbocycles. The van der Waals surface area contributed by atoms with E-state index in [0.717, 1.165) is 11.5 Å². The summed E-state index contributed by atoms with van der Waals surface area (Å²) in [6, 6.07) is 3.29. The average Bonchev–Trinajstić information content (AvgIpc) is 2.59. The van der Waals surface area contributed by atoms with Gasteiger partial charge in [0, 0.05) is 17.6 Å². The van der Waals surface area contributed by atoms with Crippen LogP contribution in [0, 0.1) is 13.8 Å². The molecule has 2 nitrogen and oxygen atoms in total. The molecule has 1 atom stereocenters. The van der Waals surface area contributed by atoms with E-state index in [1.165, 1.54) is 37.7 Å². The minimum absolute atomic E-state index is 0.417. The van der Waals surface area contributed by atoms with Crippen molar-refractivity contribution in [1.82, 2.24) is 5.32 Å². The van der Waals surface area contributed by atoms with Gasteiger partial charge in [0.05, 0.1) is 0 Å². The Morgan fingerprint density at radius 3 is 2.50 bits per heavy atom. The molecule has 2 rings (SSSR count). The van der Waals surface area contributed by atoms with Crippen LogP contribution >= 0.6 is 0 Å². The highest BCUT2D eigenvalue weighted by Gasteiger charge is 2.18. The highest BCUT2D eigenvalue weighted by molar-refractivity contribution is 5.23. The Hall–Kier alpha value is -0.760. The van der Waals surface area contributed by atoms with Gasteiger partial charge < -0.3 is 9.73 Å². The fraction of sp³-hybridized carbons (Fsp3) is 0.714. The Labute approximate surface area is 98.4 Å². The zero-order valence-electron chi connectivity index (χ0n) is 10.7. The van der Waals surface area contributed by atoms with Crippen LogP contribution in [-0.2, 0) is 0 Å². The summed E-state index contributed by atoms with van der Waals surface area (Å²) >= 11 is 0. The smallest absolute Gasteiger partial charge is 0.105 e. The van der Waals surface area contributed by atoms with Crippen molar-refractivity contribution in [3.8, 4) is 0 Å². The van der Waals surface area contributed by atoms with Gasteiger partial charge in [0.25, 0.3) is 0 Å². The fourth-order valence-corrected chi connectivity index (χ4v) is 2.79. The maximum atomic E-state index is 5.58. The molecule has 1 N–H and O–H groups in total. The van der Waals surface area contributed by atoms with Gasteiger partial charge in [0.2, 0.25) is 0 Å². The molecule has 1 aliphatic carbocycles. The van der Waals surface area contributed by atoms with E-state index < -0.39 is 0 Å². The summed E-state index contributed by atoms with van der Waals surface area (Å²) in [5.41, 5.74) is 1.32. The first-order chi connectivity index (χ1) is 7.66. The van der Waals surface area contributed by atoms with E-state index in [-0.39, 0.29) is 0 Å². The summed E-state index contributed by atoms with van der Waals surface area (Å²) in [5, 5.41) is 3.73. The first kappa shape index (κ1) is 11.7. The molecule has 1 aliphatic rings. The molecule has 90 valence electrons. The average molecular weight is 221 g/mol. The van der Waals surface area contributed by atoms with Gasteiger partial charge in [-0.25, -0.2) is 0 Å². The highest BCUT2D eigenvalue weighted by Crippen LogP contribution is 2.24. The van der Waals surface area contributed by atoms with Crippen LogP contribution in [0.5, 0.6) is 0 Å². The summed E-state index contributed by atoms with van der Waals surface area (Å²) in [4.78, 5) is 0. The van der Waals surface area contributed by atoms with Gasteiger partial charge >= 0.3 is 0 Å². The Morgan fingerprint density at radius 2 is 1.94 bits per heavy atom. The molecule has 1 aromatic heterocycles. The van der Waals surface area contributed by atoms with Crippen LogP contribution in [0.4, 0.5) is 0 Å². The largest absolute Gasteiger partial charge is 0.466 e. The van der Waals surface area contributed by atoms with E-state index >= 15 is 0 Å². The molecule has 1 unspecified atom stereocenters. The number of hydrogen-bond donors (Lipinski definition) is 1. The predicted octanol–water partition coefficient (Wildman–Crippen LogP) is 3.88. The molecule has 0 amide bonds. The lowest BCUT2D eigenvalue weighted by Crippen LogP contribution is -2.33. The third-order valence-electron chi connectivity index (χ3n) is 3.64. The SMILES string of the molecule is Cc1cc(C(C)NC2CCCCC2)c(C)o1. The van der Waals surface area contributed by atoms with Crippen molar-refractivity contribution < 1.29 is 4.42 Å². The quantitative estimate of drug-likeness (QED) is 0.838. The van der Waals surface area contributed by atoms with Crippen molar-refractivity contribution in [3.63, 3.8) is 0 Å². The molecule has 0 aliphatic heterocycles. The van der Waals surface area contributed by atoms with Crippen molar-refractivity contribution in [3.05, 3.63) is 23.2 Å². The Kier molecular flexibility index (Phi) is 3.70. The van der Waals surface area contributed by atoms with E-state index in [4.69, 9.17) is 4.42 Å². The summed E-state index contributed by atoms with van der Waals surface area (Å²) < 4.78 is 5.58. The lowest BCUT2D eigenvalue weighted by Gasteiger charge is -2.26. The van der Waals surface area contributed by atoms with Gasteiger partial charge in [-0.3, -0.25) is 0 Å². The van der Waals surface area contributed by atoms with Crippen LogP contribution in [0.25, 0.3) is 0 Å². The van der Waals surface area contributed by atoms with Gasteiger partial charge in [-0.1, -0.05) is 19.3 Å². The number of nitrogens with one attached hydrogen (secondary N) is 1. The summed E-state index contributed by atoms with van der Waals surface area (Å²) in [7, 11) is 0. The third kappa shape index (κ3) is 2.67. The van der Waals surface area contributed by atoms with E-state index in [0.29, 0.717) is 12.1 Å². The fourth-order valence-electron chi connectivity index (χ4n) is 2.79. The molecule has 2 heteroatoms. The van der Waals surface area contributed by atoms with Crippen LogP contribution in [0.1, 0.15) is 62.2 Å². The van der Waals surface area contributed by atoms with Crippen LogP contribution in [0.2, 0.25) is 0 Å². The minimum atomic E-state index is 0.417. The van der Waals surface area contributed by atoms with Crippen molar-refractivity contribution in [2.24, 2.45) is 0 Å². The van der Waals surface area contributed by atoms with Crippen molar-refractivity contribution in [2.75, 3.05) is 0 Å². The second-order valence-electron chi connectivity index (χ2n) is 5.09. The molecular formula is C14H23NO. The van der Waals surface area contributed by atoms with Crippen LogP contribution in [0.15, 0.2) is 10.5 Å². The third-order valence-corrected chi connectivity index (χ3v) is 3.64. The van der Waals surface area contributed by atoms with Crippen LogP contribution < -0.4 is 5.32 Å². The van der Waals surface area contributed by atoms with E-state index in [2.05, 4.69) is 25.2 Å². The number of rotatable bonds is 3. The molecule has 16 heavy (non-hydrogen) atoms. The summed E-state index contributed by atoms with van der Waals surface area (Å²) in [6.45, 7) is 6.32. The lowest BCUT2D eigenvalue weighted by atomic mass is 9.94. The van der Waals surface area contributed by atoms with E-state index in [1.54, 1.807) is 0 Å². The molecule has 0 bridgehead atoms. The normalized spacial score (nSPS) is 19.9. The topological polar surface area (TPSA) is 25.2 Å². The lowest BCUT2D eigenvalue weighted by molar-refractivity contribution is 0.345. The summed E-state index contributed by atoms with van der Waals surface area (Å²) in [6.07, 6.45) is 6.85. The van der Waals surface area contributed by atoms with E-state index in [9.17, 15) is 0 Å². The molecule has 0 saturated heterocycles. The summed E-state index contributed by atoms with van der Waals surface area (Å²) in [5.74, 6) is 2.08. The minimum Gasteiger partial charge on any atom is -0.466 e. The standard InChI is InChI=1S/C14H23NO/c1-10-9-14(12(3)16-10)11(2)15-13-7-5-4-6-8-13/h9,11,13,15H,4-8H2,1-3H3. The molecule has 1 fully saturated rings. The van der Waals surface area contributed by atoms with Crippen molar-refractivity contribution >= 4 is 0 Å². The van der Waals surface area contributed by atoms with Gasteiger partial charge in [0.15, 0.2) is 0 Å². The molecular weight excluding hydrogens is 198 g/mol. The maximum Gasteiger partial charge on any atom is 0.105 e. The second-order valence-corrected chi connectivity index (χ2v) is 5.09. The number of aryl methyl sites for hydroxylation is 2. The first-order valence-corrected chi connectivity index (χ1v) is 6.50. The molecule has 1 aromatic rings. The zero-order valence-corrected chi connectivity index (χ0v) is 10.7. The molecule has 0 spiro atoms. The van der Waals surface area contributed by atoms with Gasteiger partial charge in [-0.15, -0.1) is 0 Å². The monoisotopic (exact) mass is 221 g/mol.